The van der Waals surface area contributed by atoms with Gasteiger partial charge < -0.3 is 15.4 Å². The third-order valence-corrected chi connectivity index (χ3v) is 5.37. The van der Waals surface area contributed by atoms with E-state index in [1.54, 1.807) is 12.1 Å². The average molecular weight is 329 g/mol. The molecule has 6 heteroatoms. The summed E-state index contributed by atoms with van der Waals surface area (Å²) >= 11 is 1.46. The molecule has 3 atom stereocenters. The van der Waals surface area contributed by atoms with E-state index < -0.39 is 0 Å². The molecular weight excluding hydrogens is 310 g/mol. The Kier molecular flexibility index (Phi) is 3.79. The highest BCUT2D eigenvalue weighted by Crippen LogP contribution is 2.29. The lowest BCUT2D eigenvalue weighted by molar-refractivity contribution is 0.0931. The maximum absolute atomic E-state index is 12.4. The standard InChI is InChI=1S/C17H19N3O2S/c1-10-9-23-17(18-10)22-13-5-2-11(3-6-13)16(21)20-15-8-12-4-7-14(15)19-12/h2-3,5-6,9,12,14-15,19H,4,7-8H2,1H3,(H,20,21). The Balaban J connectivity index is 1.38. The first-order valence-corrected chi connectivity index (χ1v) is 8.82. The topological polar surface area (TPSA) is 63.2 Å². The molecule has 23 heavy (non-hydrogen) atoms. The van der Waals surface area contributed by atoms with Crippen LogP contribution in [0.25, 0.3) is 0 Å². The van der Waals surface area contributed by atoms with E-state index in [1.165, 1.54) is 17.8 Å². The highest BCUT2D eigenvalue weighted by atomic mass is 32.1. The van der Waals surface area contributed by atoms with Crippen molar-refractivity contribution >= 4 is 17.2 Å². The van der Waals surface area contributed by atoms with Crippen LogP contribution in [0.1, 0.15) is 35.3 Å². The van der Waals surface area contributed by atoms with Crippen LogP contribution in [0, 0.1) is 6.92 Å². The molecule has 1 aromatic heterocycles. The van der Waals surface area contributed by atoms with Crippen LogP contribution in [0.15, 0.2) is 29.6 Å². The third-order valence-electron chi connectivity index (χ3n) is 4.54. The molecule has 4 rings (SSSR count). The van der Waals surface area contributed by atoms with Gasteiger partial charge in [0.25, 0.3) is 11.1 Å². The maximum atomic E-state index is 12.4. The summed E-state index contributed by atoms with van der Waals surface area (Å²) in [6.07, 6.45) is 3.44. The molecule has 2 saturated heterocycles. The van der Waals surface area contributed by atoms with Crippen molar-refractivity contribution in [2.75, 3.05) is 0 Å². The largest absolute Gasteiger partial charge is 0.431 e. The minimum absolute atomic E-state index is 0.0130. The fourth-order valence-electron chi connectivity index (χ4n) is 3.39. The van der Waals surface area contributed by atoms with E-state index in [1.807, 2.05) is 24.4 Å². The lowest BCUT2D eigenvalue weighted by Crippen LogP contribution is -2.42. The summed E-state index contributed by atoms with van der Waals surface area (Å²) in [5.41, 5.74) is 1.61. The summed E-state index contributed by atoms with van der Waals surface area (Å²) in [4.78, 5) is 16.6. The highest BCUT2D eigenvalue weighted by molar-refractivity contribution is 7.11. The van der Waals surface area contributed by atoms with Gasteiger partial charge in [0, 0.05) is 29.1 Å². The molecule has 3 unspecified atom stereocenters. The summed E-state index contributed by atoms with van der Waals surface area (Å²) in [7, 11) is 0. The zero-order valence-corrected chi connectivity index (χ0v) is 13.7. The molecule has 0 aliphatic carbocycles. The number of carbonyl (C=O) groups is 1. The van der Waals surface area contributed by atoms with Crippen LogP contribution >= 0.6 is 11.3 Å². The van der Waals surface area contributed by atoms with Gasteiger partial charge in [-0.15, -0.1) is 0 Å². The molecule has 2 fully saturated rings. The molecule has 2 N–H and O–H groups in total. The predicted octanol–water partition coefficient (Wildman–Crippen LogP) is 2.87. The van der Waals surface area contributed by atoms with Gasteiger partial charge in [0.15, 0.2) is 0 Å². The number of thiazole rings is 1. The molecule has 1 amide bonds. The summed E-state index contributed by atoms with van der Waals surface area (Å²) in [6, 6.07) is 8.51. The molecule has 0 saturated carbocycles. The van der Waals surface area contributed by atoms with Gasteiger partial charge in [0.1, 0.15) is 5.75 Å². The summed E-state index contributed by atoms with van der Waals surface area (Å²) in [5.74, 6) is 0.679. The van der Waals surface area contributed by atoms with Crippen LogP contribution < -0.4 is 15.4 Å². The van der Waals surface area contributed by atoms with Gasteiger partial charge in [-0.1, -0.05) is 11.3 Å². The average Bonchev–Trinajstić information content (AvgIpc) is 3.25. The van der Waals surface area contributed by atoms with E-state index in [9.17, 15) is 4.79 Å². The number of amides is 1. The molecule has 2 aliphatic heterocycles. The smallest absolute Gasteiger partial charge is 0.278 e. The number of carbonyl (C=O) groups excluding carboxylic acids is 1. The first kappa shape index (κ1) is 14.7. The molecule has 120 valence electrons. The molecular formula is C17H19N3O2S. The minimum atomic E-state index is -0.0130. The third kappa shape index (κ3) is 3.09. The normalized spacial score (nSPS) is 25.5. The maximum Gasteiger partial charge on any atom is 0.278 e. The number of ether oxygens (including phenoxy) is 1. The van der Waals surface area contributed by atoms with Gasteiger partial charge in [-0.05, 0) is 50.5 Å². The first-order valence-electron chi connectivity index (χ1n) is 7.94. The van der Waals surface area contributed by atoms with E-state index in [2.05, 4.69) is 15.6 Å². The van der Waals surface area contributed by atoms with Gasteiger partial charge in [0.2, 0.25) is 0 Å². The van der Waals surface area contributed by atoms with Crippen LogP contribution in [-0.4, -0.2) is 29.0 Å². The van der Waals surface area contributed by atoms with Crippen LogP contribution in [0.2, 0.25) is 0 Å². The van der Waals surface area contributed by atoms with Crippen molar-refractivity contribution in [1.82, 2.24) is 15.6 Å². The van der Waals surface area contributed by atoms with Gasteiger partial charge in [-0.2, -0.15) is 0 Å². The fourth-order valence-corrected chi connectivity index (χ4v) is 4.05. The quantitative estimate of drug-likeness (QED) is 0.905. The van der Waals surface area contributed by atoms with E-state index in [0.717, 1.165) is 18.5 Å². The van der Waals surface area contributed by atoms with Crippen molar-refractivity contribution < 1.29 is 9.53 Å². The second kappa shape index (κ2) is 5.94. The van der Waals surface area contributed by atoms with Crippen LogP contribution in [0.4, 0.5) is 0 Å². The van der Waals surface area contributed by atoms with Crippen molar-refractivity contribution in [1.29, 1.82) is 0 Å². The second-order valence-corrected chi connectivity index (χ2v) is 7.06. The lowest BCUT2D eigenvalue weighted by Gasteiger charge is -2.21. The molecule has 3 heterocycles. The summed E-state index contributed by atoms with van der Waals surface area (Å²) in [6.45, 7) is 1.93. The molecule has 5 nitrogen and oxygen atoms in total. The molecule has 2 bridgehead atoms. The number of fused-ring (bicyclic) bond motifs is 2. The Morgan fingerprint density at radius 1 is 1.35 bits per heavy atom. The number of benzene rings is 1. The lowest BCUT2D eigenvalue weighted by atomic mass is 9.95. The van der Waals surface area contributed by atoms with Crippen molar-refractivity contribution in [3.05, 3.63) is 40.9 Å². The van der Waals surface area contributed by atoms with Gasteiger partial charge >= 0.3 is 0 Å². The van der Waals surface area contributed by atoms with Gasteiger partial charge in [0.05, 0.1) is 5.69 Å². The molecule has 2 aliphatic rings. The van der Waals surface area contributed by atoms with E-state index >= 15 is 0 Å². The van der Waals surface area contributed by atoms with Crippen LogP contribution in [-0.2, 0) is 0 Å². The van der Waals surface area contributed by atoms with Crippen molar-refractivity contribution in [3.8, 4) is 10.9 Å². The Morgan fingerprint density at radius 3 is 2.78 bits per heavy atom. The molecule has 0 spiro atoms. The SMILES string of the molecule is Cc1csc(Oc2ccc(C(=O)NC3CC4CCC3N4)cc2)n1. The van der Waals surface area contributed by atoms with E-state index in [0.29, 0.717) is 28.6 Å². The molecule has 2 aromatic rings. The van der Waals surface area contributed by atoms with E-state index in [4.69, 9.17) is 4.74 Å². The number of hydrogen-bond acceptors (Lipinski definition) is 5. The van der Waals surface area contributed by atoms with E-state index in [-0.39, 0.29) is 11.9 Å². The van der Waals surface area contributed by atoms with Gasteiger partial charge in [-0.3, -0.25) is 4.79 Å². The van der Waals surface area contributed by atoms with Crippen molar-refractivity contribution in [3.63, 3.8) is 0 Å². The Morgan fingerprint density at radius 2 is 2.17 bits per heavy atom. The summed E-state index contributed by atoms with van der Waals surface area (Å²) in [5, 5.41) is 9.24. The number of aromatic nitrogens is 1. The Hall–Kier alpha value is -1.92. The monoisotopic (exact) mass is 329 g/mol. The molecule has 0 radical (unpaired) electrons. The zero-order chi connectivity index (χ0) is 15.8. The number of nitrogens with zero attached hydrogens (tertiary/aromatic N) is 1. The first-order chi connectivity index (χ1) is 11.2. The number of aryl methyl sites for hydroxylation is 1. The van der Waals surface area contributed by atoms with Crippen LogP contribution in [0.5, 0.6) is 10.9 Å². The zero-order valence-electron chi connectivity index (χ0n) is 12.9. The summed E-state index contributed by atoms with van der Waals surface area (Å²) < 4.78 is 5.67. The molecule has 1 aromatic carbocycles. The number of rotatable bonds is 4. The minimum Gasteiger partial charge on any atom is -0.431 e. The highest BCUT2D eigenvalue weighted by Gasteiger charge is 2.39. The second-order valence-electron chi connectivity index (χ2n) is 6.24. The predicted molar refractivity (Wildman–Crippen MR) is 89.2 cm³/mol. The van der Waals surface area contributed by atoms with Crippen LogP contribution in [0.3, 0.4) is 0 Å². The van der Waals surface area contributed by atoms with Crippen molar-refractivity contribution in [2.24, 2.45) is 0 Å². The fraction of sp³-hybridized carbons (Fsp3) is 0.412. The Labute approximate surface area is 139 Å². The number of nitrogens with one attached hydrogen (secondary N) is 2. The van der Waals surface area contributed by atoms with Crippen molar-refractivity contribution in [2.45, 2.75) is 44.3 Å². The van der Waals surface area contributed by atoms with Gasteiger partial charge in [-0.25, -0.2) is 4.98 Å². The number of hydrogen-bond donors (Lipinski definition) is 2. The Bertz CT molecular complexity index is 713.